The summed E-state index contributed by atoms with van der Waals surface area (Å²) in [6.07, 6.45) is 0. The number of carbonyl (C=O) groups excluding carboxylic acids is 1. The van der Waals surface area contributed by atoms with E-state index in [1.165, 1.54) is 0 Å². The largest absolute Gasteiger partial charge is 0.372 e. The Bertz CT molecular complexity index is 333. The molecule has 0 bridgehead atoms. The summed E-state index contributed by atoms with van der Waals surface area (Å²) in [5.74, 6) is -0.385. The fraction of sp³-hybridized carbons (Fsp3) is 0.222. The van der Waals surface area contributed by atoms with Gasteiger partial charge in [0, 0.05) is 5.56 Å². The molecule has 0 unspecified atom stereocenters. The lowest BCUT2D eigenvalue weighted by atomic mass is 10.1. The van der Waals surface area contributed by atoms with Crippen molar-refractivity contribution in [2.75, 3.05) is 0 Å². The van der Waals surface area contributed by atoms with E-state index in [1.54, 1.807) is 12.1 Å². The van der Waals surface area contributed by atoms with Crippen LogP contribution in [0.2, 0.25) is 0 Å². The van der Waals surface area contributed by atoms with E-state index in [0.717, 1.165) is 11.1 Å². The molecule has 62 valence electrons. The maximum atomic E-state index is 10.8. The van der Waals surface area contributed by atoms with Gasteiger partial charge in [-0.25, -0.2) is 0 Å². The van der Waals surface area contributed by atoms with Crippen LogP contribution < -0.4 is 5.73 Å². The molecule has 2 rings (SSSR count). The molecule has 1 aliphatic rings. The van der Waals surface area contributed by atoms with Crippen molar-refractivity contribution < 1.29 is 9.53 Å². The van der Waals surface area contributed by atoms with E-state index in [0.29, 0.717) is 18.8 Å². The molecule has 0 saturated carbocycles. The van der Waals surface area contributed by atoms with Crippen LogP contribution in [0, 0.1) is 0 Å². The van der Waals surface area contributed by atoms with E-state index in [2.05, 4.69) is 0 Å². The summed E-state index contributed by atoms with van der Waals surface area (Å²) in [4.78, 5) is 10.8. The standard InChI is InChI=1S/C9H9NO2/c10-9(11)6-1-2-7-4-12-5-8(7)3-6/h1-3H,4-5H2,(H2,10,11). The quantitative estimate of drug-likeness (QED) is 0.666. The second kappa shape index (κ2) is 2.60. The summed E-state index contributed by atoms with van der Waals surface area (Å²) >= 11 is 0. The van der Waals surface area contributed by atoms with Gasteiger partial charge in [-0.3, -0.25) is 4.79 Å². The zero-order valence-corrected chi connectivity index (χ0v) is 6.54. The highest BCUT2D eigenvalue weighted by Gasteiger charge is 2.12. The Hall–Kier alpha value is -1.35. The number of ether oxygens (including phenoxy) is 1. The molecule has 1 amide bonds. The van der Waals surface area contributed by atoms with Crippen LogP contribution in [0.15, 0.2) is 18.2 Å². The first-order chi connectivity index (χ1) is 5.77. The average Bonchev–Trinajstić information content (AvgIpc) is 2.49. The summed E-state index contributed by atoms with van der Waals surface area (Å²) < 4.78 is 5.20. The van der Waals surface area contributed by atoms with Crippen molar-refractivity contribution in [3.63, 3.8) is 0 Å². The molecule has 0 aromatic heterocycles. The Kier molecular flexibility index (Phi) is 1.59. The van der Waals surface area contributed by atoms with Gasteiger partial charge in [0.2, 0.25) is 5.91 Å². The van der Waals surface area contributed by atoms with Crippen LogP contribution in [0.3, 0.4) is 0 Å². The summed E-state index contributed by atoms with van der Waals surface area (Å²) in [7, 11) is 0. The van der Waals surface area contributed by atoms with Gasteiger partial charge in [0.25, 0.3) is 0 Å². The highest BCUT2D eigenvalue weighted by molar-refractivity contribution is 5.93. The molecule has 1 aromatic carbocycles. The Morgan fingerprint density at radius 2 is 2.08 bits per heavy atom. The predicted molar refractivity (Wildman–Crippen MR) is 43.5 cm³/mol. The molecule has 3 heteroatoms. The molecule has 2 N–H and O–H groups in total. The number of primary amides is 1. The SMILES string of the molecule is NC(=O)c1ccc2c(c1)COC2. The van der Waals surface area contributed by atoms with Crippen molar-refractivity contribution in [1.29, 1.82) is 0 Å². The molecule has 0 spiro atoms. The third-order valence-electron chi connectivity index (χ3n) is 2.01. The van der Waals surface area contributed by atoms with Crippen molar-refractivity contribution in [2.45, 2.75) is 13.2 Å². The molecule has 1 aliphatic heterocycles. The smallest absolute Gasteiger partial charge is 0.248 e. The van der Waals surface area contributed by atoms with E-state index < -0.39 is 0 Å². The Balaban J connectivity index is 2.45. The third kappa shape index (κ3) is 1.08. The van der Waals surface area contributed by atoms with Crippen LogP contribution in [0.5, 0.6) is 0 Å². The maximum absolute atomic E-state index is 10.8. The lowest BCUT2D eigenvalue weighted by molar-refractivity contribution is 0.1000. The summed E-state index contributed by atoms with van der Waals surface area (Å²) in [5.41, 5.74) is 7.91. The van der Waals surface area contributed by atoms with Crippen LogP contribution in [-0.2, 0) is 18.0 Å². The van der Waals surface area contributed by atoms with E-state index in [9.17, 15) is 4.79 Å². The maximum Gasteiger partial charge on any atom is 0.248 e. The molecule has 0 atom stereocenters. The monoisotopic (exact) mass is 163 g/mol. The van der Waals surface area contributed by atoms with Gasteiger partial charge in [-0.2, -0.15) is 0 Å². The molecule has 1 heterocycles. The summed E-state index contributed by atoms with van der Waals surface area (Å²) in [6.45, 7) is 1.24. The number of hydrogen-bond donors (Lipinski definition) is 1. The van der Waals surface area contributed by atoms with Crippen molar-refractivity contribution in [1.82, 2.24) is 0 Å². The second-order valence-corrected chi connectivity index (χ2v) is 2.84. The van der Waals surface area contributed by atoms with Crippen LogP contribution in [0.1, 0.15) is 21.5 Å². The first-order valence-electron chi connectivity index (χ1n) is 3.77. The number of hydrogen-bond acceptors (Lipinski definition) is 2. The van der Waals surface area contributed by atoms with E-state index in [1.807, 2.05) is 6.07 Å². The molecule has 3 nitrogen and oxygen atoms in total. The molecule has 1 aromatic rings. The van der Waals surface area contributed by atoms with E-state index in [-0.39, 0.29) is 5.91 Å². The van der Waals surface area contributed by atoms with Gasteiger partial charge in [0.1, 0.15) is 0 Å². The van der Waals surface area contributed by atoms with Crippen LogP contribution in [0.4, 0.5) is 0 Å². The van der Waals surface area contributed by atoms with Crippen molar-refractivity contribution in [2.24, 2.45) is 5.73 Å². The Morgan fingerprint density at radius 3 is 2.83 bits per heavy atom. The number of carbonyl (C=O) groups is 1. The first kappa shape index (κ1) is 7.31. The van der Waals surface area contributed by atoms with Gasteiger partial charge < -0.3 is 10.5 Å². The molecular weight excluding hydrogens is 154 g/mol. The summed E-state index contributed by atoms with van der Waals surface area (Å²) in [6, 6.07) is 5.42. The lowest BCUT2D eigenvalue weighted by Gasteiger charge is -1.98. The average molecular weight is 163 g/mol. The van der Waals surface area contributed by atoms with E-state index in [4.69, 9.17) is 10.5 Å². The van der Waals surface area contributed by atoms with Crippen molar-refractivity contribution >= 4 is 5.91 Å². The Morgan fingerprint density at radius 1 is 1.33 bits per heavy atom. The molecule has 0 aliphatic carbocycles. The third-order valence-corrected chi connectivity index (χ3v) is 2.01. The highest BCUT2D eigenvalue weighted by Crippen LogP contribution is 2.20. The van der Waals surface area contributed by atoms with Gasteiger partial charge >= 0.3 is 0 Å². The second-order valence-electron chi connectivity index (χ2n) is 2.84. The molecular formula is C9H9NO2. The fourth-order valence-corrected chi connectivity index (χ4v) is 1.33. The van der Waals surface area contributed by atoms with Gasteiger partial charge in [0.05, 0.1) is 13.2 Å². The number of fused-ring (bicyclic) bond motifs is 1. The number of amides is 1. The van der Waals surface area contributed by atoms with Crippen LogP contribution in [-0.4, -0.2) is 5.91 Å². The van der Waals surface area contributed by atoms with Crippen molar-refractivity contribution in [3.8, 4) is 0 Å². The summed E-state index contributed by atoms with van der Waals surface area (Å²) in [5, 5.41) is 0. The minimum Gasteiger partial charge on any atom is -0.372 e. The van der Waals surface area contributed by atoms with Crippen molar-refractivity contribution in [3.05, 3.63) is 34.9 Å². The molecule has 0 fully saturated rings. The van der Waals surface area contributed by atoms with E-state index >= 15 is 0 Å². The zero-order chi connectivity index (χ0) is 8.55. The first-order valence-corrected chi connectivity index (χ1v) is 3.77. The van der Waals surface area contributed by atoms with Crippen LogP contribution in [0.25, 0.3) is 0 Å². The number of nitrogens with two attached hydrogens (primary N) is 1. The highest BCUT2D eigenvalue weighted by atomic mass is 16.5. The zero-order valence-electron chi connectivity index (χ0n) is 6.54. The number of benzene rings is 1. The predicted octanol–water partition coefficient (Wildman–Crippen LogP) is 0.816. The molecule has 12 heavy (non-hydrogen) atoms. The van der Waals surface area contributed by atoms with Gasteiger partial charge in [-0.1, -0.05) is 6.07 Å². The minimum atomic E-state index is -0.385. The minimum absolute atomic E-state index is 0.385. The molecule has 0 saturated heterocycles. The topological polar surface area (TPSA) is 52.3 Å². The number of rotatable bonds is 1. The van der Waals surface area contributed by atoms with Gasteiger partial charge in [-0.15, -0.1) is 0 Å². The lowest BCUT2D eigenvalue weighted by Crippen LogP contribution is -2.11. The van der Waals surface area contributed by atoms with Crippen LogP contribution >= 0.6 is 0 Å². The normalized spacial score (nSPS) is 14.3. The van der Waals surface area contributed by atoms with Gasteiger partial charge in [-0.05, 0) is 23.3 Å². The molecule has 0 radical (unpaired) electrons. The van der Waals surface area contributed by atoms with Gasteiger partial charge in [0.15, 0.2) is 0 Å². The fourth-order valence-electron chi connectivity index (χ4n) is 1.33. The Labute approximate surface area is 70.1 Å².